The Labute approximate surface area is 179 Å². The van der Waals surface area contributed by atoms with Gasteiger partial charge in [-0.1, -0.05) is 6.07 Å². The first-order valence-corrected chi connectivity index (χ1v) is 9.77. The van der Waals surface area contributed by atoms with E-state index in [0.717, 1.165) is 16.5 Å². The van der Waals surface area contributed by atoms with Crippen LogP contribution in [-0.4, -0.2) is 39.2 Å². The fraction of sp³-hybridized carbons (Fsp3) is 0.273. The molecule has 0 aliphatic rings. The summed E-state index contributed by atoms with van der Waals surface area (Å²) >= 11 is 0. The minimum atomic E-state index is -1.27. The van der Waals surface area contributed by atoms with Crippen molar-refractivity contribution in [3.63, 3.8) is 0 Å². The number of aromatic amines is 1. The summed E-state index contributed by atoms with van der Waals surface area (Å²) in [4.78, 5) is 27.1. The van der Waals surface area contributed by atoms with Crippen molar-refractivity contribution in [1.29, 1.82) is 0 Å². The molecule has 0 saturated heterocycles. The number of carbonyl (C=O) groups is 2. The summed E-state index contributed by atoms with van der Waals surface area (Å²) < 4.78 is 5.59. The molecule has 9 heteroatoms. The van der Waals surface area contributed by atoms with Crippen molar-refractivity contribution in [2.75, 3.05) is 6.54 Å². The van der Waals surface area contributed by atoms with Gasteiger partial charge >= 0.3 is 5.97 Å². The number of nitrogens with two attached hydrogens (primary N) is 1. The molecule has 0 spiro atoms. The van der Waals surface area contributed by atoms with Crippen LogP contribution in [0.15, 0.2) is 42.6 Å². The van der Waals surface area contributed by atoms with E-state index in [2.05, 4.69) is 15.7 Å². The Kier molecular flexibility index (Phi) is 6.47. The van der Waals surface area contributed by atoms with E-state index in [1.54, 1.807) is 25.1 Å². The number of hydrazine groups is 1. The molecule has 7 N–H and O–H groups in total. The van der Waals surface area contributed by atoms with Crippen LogP contribution in [0.1, 0.15) is 25.0 Å². The molecule has 3 rings (SSSR count). The zero-order valence-corrected chi connectivity index (χ0v) is 17.4. The zero-order valence-electron chi connectivity index (χ0n) is 17.4. The third-order valence-electron chi connectivity index (χ3n) is 5.08. The highest BCUT2D eigenvalue weighted by molar-refractivity contribution is 5.87. The zero-order chi connectivity index (χ0) is 22.6. The number of hydrogen-bond donors (Lipinski definition) is 6. The number of esters is 1. The van der Waals surface area contributed by atoms with Gasteiger partial charge in [-0.25, -0.2) is 10.2 Å². The van der Waals surface area contributed by atoms with Crippen molar-refractivity contribution in [2.24, 2.45) is 5.84 Å². The number of amides is 1. The lowest BCUT2D eigenvalue weighted by Gasteiger charge is -2.26. The first-order chi connectivity index (χ1) is 14.7. The normalized spacial score (nSPS) is 13.0. The molecule has 1 heterocycles. The van der Waals surface area contributed by atoms with Gasteiger partial charge in [0.15, 0.2) is 11.5 Å². The molecule has 0 saturated carbocycles. The summed E-state index contributed by atoms with van der Waals surface area (Å²) in [6.45, 7) is 3.56. The predicted octanol–water partition coefficient (Wildman–Crippen LogP) is 1.63. The third-order valence-corrected chi connectivity index (χ3v) is 5.08. The minimum absolute atomic E-state index is 0.0926. The van der Waals surface area contributed by atoms with Gasteiger partial charge in [-0.15, -0.1) is 0 Å². The molecule has 1 amide bonds. The summed E-state index contributed by atoms with van der Waals surface area (Å²) in [5, 5.41) is 22.8. The Bertz CT molecular complexity index is 1110. The van der Waals surface area contributed by atoms with Gasteiger partial charge < -0.3 is 25.3 Å². The molecule has 2 aromatic carbocycles. The summed E-state index contributed by atoms with van der Waals surface area (Å²) in [6, 6.07) is 9.55. The lowest BCUT2D eigenvalue weighted by atomic mass is 9.93. The van der Waals surface area contributed by atoms with Crippen LogP contribution in [0.5, 0.6) is 17.2 Å². The van der Waals surface area contributed by atoms with Gasteiger partial charge in [-0.2, -0.15) is 0 Å². The van der Waals surface area contributed by atoms with E-state index in [4.69, 9.17) is 10.6 Å². The molecule has 1 atom stereocenters. The van der Waals surface area contributed by atoms with E-state index in [0.29, 0.717) is 24.3 Å². The van der Waals surface area contributed by atoms with Crippen LogP contribution in [0.4, 0.5) is 0 Å². The molecule has 1 aromatic heterocycles. The van der Waals surface area contributed by atoms with E-state index < -0.39 is 11.5 Å². The number of phenolic OH excluding ortho intramolecular Hbond substituents is 2. The van der Waals surface area contributed by atoms with E-state index >= 15 is 0 Å². The molecular formula is C22H26N4O5. The fourth-order valence-electron chi connectivity index (χ4n) is 3.29. The summed E-state index contributed by atoms with van der Waals surface area (Å²) in [6.07, 6.45) is 2.62. The van der Waals surface area contributed by atoms with Crippen LogP contribution in [-0.2, 0) is 22.4 Å². The van der Waals surface area contributed by atoms with Gasteiger partial charge in [0.2, 0.25) is 5.91 Å². The Balaban J connectivity index is 1.76. The highest BCUT2D eigenvalue weighted by Crippen LogP contribution is 2.28. The molecule has 31 heavy (non-hydrogen) atoms. The van der Waals surface area contributed by atoms with Gasteiger partial charge in [0.1, 0.15) is 11.3 Å². The average molecular weight is 426 g/mol. The SMILES string of the molecule is CC(=O)NCCc1c[nH]c2ccc(OC(=O)C(C)(Cc3ccc(O)c(O)c3)NN)cc12. The smallest absolute Gasteiger partial charge is 0.333 e. The number of aromatic nitrogens is 1. The van der Waals surface area contributed by atoms with E-state index in [1.807, 2.05) is 12.3 Å². The number of aromatic hydroxyl groups is 2. The number of benzene rings is 2. The topological polar surface area (TPSA) is 150 Å². The van der Waals surface area contributed by atoms with Gasteiger partial charge in [-0.3, -0.25) is 10.6 Å². The molecular weight excluding hydrogens is 400 g/mol. The first-order valence-electron chi connectivity index (χ1n) is 9.77. The third kappa shape index (κ3) is 5.14. The predicted molar refractivity (Wildman–Crippen MR) is 116 cm³/mol. The Morgan fingerprint density at radius 3 is 2.61 bits per heavy atom. The molecule has 0 fully saturated rings. The maximum absolute atomic E-state index is 12.9. The monoisotopic (exact) mass is 426 g/mol. The number of nitrogens with one attached hydrogen (secondary N) is 3. The van der Waals surface area contributed by atoms with Crippen molar-refractivity contribution in [2.45, 2.75) is 32.2 Å². The number of carbonyl (C=O) groups excluding carboxylic acids is 2. The lowest BCUT2D eigenvalue weighted by molar-refractivity contribution is -0.141. The standard InChI is InChI=1S/C22H26N4O5/c1-13(27)24-8-7-15-12-25-18-5-4-16(10-17(15)18)31-21(30)22(2,26-23)11-14-3-6-19(28)20(29)9-14/h3-6,9-10,12,25-26,28-29H,7-8,11,23H2,1-2H3,(H,24,27). The molecule has 9 nitrogen and oxygen atoms in total. The number of H-pyrrole nitrogens is 1. The largest absolute Gasteiger partial charge is 0.504 e. The summed E-state index contributed by atoms with van der Waals surface area (Å²) in [5.41, 5.74) is 3.69. The first kappa shape index (κ1) is 22.1. The minimum Gasteiger partial charge on any atom is -0.504 e. The number of phenols is 2. The van der Waals surface area contributed by atoms with Crippen molar-refractivity contribution >= 4 is 22.8 Å². The fourth-order valence-corrected chi connectivity index (χ4v) is 3.29. The number of hydrogen-bond acceptors (Lipinski definition) is 7. The molecule has 1 unspecified atom stereocenters. The van der Waals surface area contributed by atoms with Gasteiger partial charge in [-0.05, 0) is 54.8 Å². The number of ether oxygens (including phenoxy) is 1. The highest BCUT2D eigenvalue weighted by atomic mass is 16.5. The van der Waals surface area contributed by atoms with E-state index in [9.17, 15) is 19.8 Å². The van der Waals surface area contributed by atoms with Crippen LogP contribution < -0.4 is 21.3 Å². The van der Waals surface area contributed by atoms with Gasteiger partial charge in [0.25, 0.3) is 0 Å². The molecule has 0 radical (unpaired) electrons. The van der Waals surface area contributed by atoms with Crippen molar-refractivity contribution in [1.82, 2.24) is 15.7 Å². The second kappa shape index (κ2) is 9.07. The van der Waals surface area contributed by atoms with Crippen LogP contribution in [0.2, 0.25) is 0 Å². The van der Waals surface area contributed by atoms with Gasteiger partial charge in [0, 0.05) is 37.0 Å². The quantitative estimate of drug-likeness (QED) is 0.105. The van der Waals surface area contributed by atoms with Gasteiger partial charge in [0.05, 0.1) is 0 Å². The van der Waals surface area contributed by atoms with Crippen molar-refractivity contribution in [3.8, 4) is 17.2 Å². The van der Waals surface area contributed by atoms with E-state index in [1.165, 1.54) is 19.1 Å². The molecule has 0 aliphatic carbocycles. The second-order valence-electron chi connectivity index (χ2n) is 7.62. The molecule has 0 bridgehead atoms. The highest BCUT2D eigenvalue weighted by Gasteiger charge is 2.35. The van der Waals surface area contributed by atoms with Crippen LogP contribution in [0.25, 0.3) is 10.9 Å². The number of fused-ring (bicyclic) bond motifs is 1. The molecule has 0 aliphatic heterocycles. The van der Waals surface area contributed by atoms with Crippen LogP contribution in [0.3, 0.4) is 0 Å². The summed E-state index contributed by atoms with van der Waals surface area (Å²) in [5.74, 6) is 4.78. The molecule has 164 valence electrons. The maximum Gasteiger partial charge on any atom is 0.333 e. The van der Waals surface area contributed by atoms with Crippen LogP contribution >= 0.6 is 0 Å². The van der Waals surface area contributed by atoms with E-state index in [-0.39, 0.29) is 23.8 Å². The Hall–Kier alpha value is -3.56. The second-order valence-corrected chi connectivity index (χ2v) is 7.62. The average Bonchev–Trinajstić information content (AvgIpc) is 3.12. The summed E-state index contributed by atoms with van der Waals surface area (Å²) in [7, 11) is 0. The van der Waals surface area contributed by atoms with Crippen molar-refractivity contribution < 1.29 is 24.5 Å². The Morgan fingerprint density at radius 2 is 1.94 bits per heavy atom. The Morgan fingerprint density at radius 1 is 1.16 bits per heavy atom. The molecule has 3 aromatic rings. The maximum atomic E-state index is 12.9. The lowest BCUT2D eigenvalue weighted by Crippen LogP contribution is -2.56. The van der Waals surface area contributed by atoms with Crippen LogP contribution in [0, 0.1) is 0 Å². The number of rotatable bonds is 8. The van der Waals surface area contributed by atoms with Crippen molar-refractivity contribution in [3.05, 3.63) is 53.7 Å².